The molecule has 2 unspecified atom stereocenters. The number of guanidine groups is 1. The van der Waals surface area contributed by atoms with Crippen molar-refractivity contribution in [1.82, 2.24) is 20.4 Å². The van der Waals surface area contributed by atoms with E-state index in [1.165, 1.54) is 5.56 Å². The number of ether oxygens (including phenoxy) is 1. The SMILES string of the molecule is CCNC(=NCCCN1CCCC1C(=O)N(C)C)NC1CC(C)(C)Oc2ccccc21. The summed E-state index contributed by atoms with van der Waals surface area (Å²) in [4.78, 5) is 21.2. The Labute approximate surface area is 187 Å². The predicted octanol–water partition coefficient (Wildman–Crippen LogP) is 2.79. The van der Waals surface area contributed by atoms with Gasteiger partial charge >= 0.3 is 0 Å². The molecule has 1 aromatic rings. The Hall–Kier alpha value is -2.28. The van der Waals surface area contributed by atoms with Gasteiger partial charge in [-0.25, -0.2) is 0 Å². The molecule has 7 nitrogen and oxygen atoms in total. The van der Waals surface area contributed by atoms with E-state index < -0.39 is 0 Å². The van der Waals surface area contributed by atoms with Gasteiger partial charge in [0.15, 0.2) is 5.96 Å². The van der Waals surface area contributed by atoms with E-state index in [2.05, 4.69) is 48.4 Å². The Morgan fingerprint density at radius 2 is 2.10 bits per heavy atom. The van der Waals surface area contributed by atoms with E-state index >= 15 is 0 Å². The smallest absolute Gasteiger partial charge is 0.239 e. The average molecular weight is 430 g/mol. The van der Waals surface area contributed by atoms with Crippen LogP contribution in [0.5, 0.6) is 5.75 Å². The van der Waals surface area contributed by atoms with Crippen LogP contribution in [0, 0.1) is 0 Å². The molecular formula is C24H39N5O2. The molecule has 2 N–H and O–H groups in total. The number of fused-ring (bicyclic) bond motifs is 1. The highest BCUT2D eigenvalue weighted by Crippen LogP contribution is 2.39. The van der Waals surface area contributed by atoms with E-state index in [0.717, 1.165) is 63.6 Å². The summed E-state index contributed by atoms with van der Waals surface area (Å²) < 4.78 is 6.16. The lowest BCUT2D eigenvalue weighted by molar-refractivity contribution is -0.133. The van der Waals surface area contributed by atoms with Crippen LogP contribution in [0.4, 0.5) is 0 Å². The third kappa shape index (κ3) is 6.12. The maximum atomic E-state index is 12.4. The molecule has 3 rings (SSSR count). The molecule has 0 spiro atoms. The van der Waals surface area contributed by atoms with E-state index in [0.29, 0.717) is 0 Å². The lowest BCUT2D eigenvalue weighted by Crippen LogP contribution is -2.45. The molecule has 2 aliphatic heterocycles. The number of likely N-dealkylation sites (tertiary alicyclic amines) is 1. The highest BCUT2D eigenvalue weighted by Gasteiger charge is 2.34. The molecule has 0 aromatic heterocycles. The number of rotatable bonds is 7. The summed E-state index contributed by atoms with van der Waals surface area (Å²) >= 11 is 0. The third-order valence-electron chi connectivity index (χ3n) is 5.99. The number of likely N-dealkylation sites (N-methyl/N-ethyl adjacent to an activating group) is 1. The van der Waals surface area contributed by atoms with Crippen LogP contribution in [0.25, 0.3) is 0 Å². The van der Waals surface area contributed by atoms with Crippen molar-refractivity contribution >= 4 is 11.9 Å². The molecule has 1 amide bonds. The highest BCUT2D eigenvalue weighted by atomic mass is 16.5. The number of amides is 1. The summed E-state index contributed by atoms with van der Waals surface area (Å²) in [6, 6.07) is 8.42. The van der Waals surface area contributed by atoms with Gasteiger partial charge in [-0.2, -0.15) is 0 Å². The number of para-hydroxylation sites is 1. The maximum Gasteiger partial charge on any atom is 0.239 e. The second-order valence-corrected chi connectivity index (χ2v) is 9.34. The van der Waals surface area contributed by atoms with Crippen LogP contribution in [-0.4, -0.2) is 73.6 Å². The summed E-state index contributed by atoms with van der Waals surface area (Å²) in [6.45, 7) is 9.78. The van der Waals surface area contributed by atoms with Gasteiger partial charge in [0, 0.05) is 45.7 Å². The average Bonchev–Trinajstić information content (AvgIpc) is 3.18. The molecule has 0 saturated carbocycles. The zero-order valence-electron chi connectivity index (χ0n) is 19.8. The van der Waals surface area contributed by atoms with Gasteiger partial charge in [0.25, 0.3) is 0 Å². The lowest BCUT2D eigenvalue weighted by atomic mass is 9.90. The van der Waals surface area contributed by atoms with Crippen molar-refractivity contribution in [1.29, 1.82) is 0 Å². The Kier molecular flexibility index (Phi) is 7.81. The Morgan fingerprint density at radius 1 is 1.32 bits per heavy atom. The number of benzene rings is 1. The van der Waals surface area contributed by atoms with E-state index in [-0.39, 0.29) is 23.6 Å². The fourth-order valence-electron chi connectivity index (χ4n) is 4.55. The maximum absolute atomic E-state index is 12.4. The first-order valence-corrected chi connectivity index (χ1v) is 11.6. The van der Waals surface area contributed by atoms with Crippen LogP contribution in [0.15, 0.2) is 29.3 Å². The minimum Gasteiger partial charge on any atom is -0.487 e. The molecule has 1 fully saturated rings. The monoisotopic (exact) mass is 429 g/mol. The quantitative estimate of drug-likeness (QED) is 0.396. The summed E-state index contributed by atoms with van der Waals surface area (Å²) in [5, 5.41) is 7.01. The van der Waals surface area contributed by atoms with Gasteiger partial charge < -0.3 is 20.3 Å². The summed E-state index contributed by atoms with van der Waals surface area (Å²) in [7, 11) is 3.68. The molecule has 2 aliphatic rings. The Balaban J connectivity index is 1.59. The van der Waals surface area contributed by atoms with Crippen LogP contribution in [0.1, 0.15) is 58.1 Å². The van der Waals surface area contributed by atoms with E-state index in [1.54, 1.807) is 4.90 Å². The predicted molar refractivity (Wildman–Crippen MR) is 126 cm³/mol. The van der Waals surface area contributed by atoms with Gasteiger partial charge in [-0.1, -0.05) is 18.2 Å². The fraction of sp³-hybridized carbons (Fsp3) is 0.667. The minimum absolute atomic E-state index is 0.0336. The molecule has 2 heterocycles. The summed E-state index contributed by atoms with van der Waals surface area (Å²) in [6.07, 6.45) is 3.86. The highest BCUT2D eigenvalue weighted by molar-refractivity contribution is 5.81. The van der Waals surface area contributed by atoms with Crippen LogP contribution in [-0.2, 0) is 4.79 Å². The number of hydrogen-bond acceptors (Lipinski definition) is 4. The van der Waals surface area contributed by atoms with Crippen LogP contribution in [0.2, 0.25) is 0 Å². The fourth-order valence-corrected chi connectivity index (χ4v) is 4.55. The molecule has 2 atom stereocenters. The standard InChI is InChI=1S/C24H39N5O2/c1-6-25-23(26-14-10-16-29-15-9-12-20(29)22(30)28(4)5)27-19-17-24(2,3)31-21-13-8-7-11-18(19)21/h7-8,11,13,19-20H,6,9-10,12,14-17H2,1-5H3,(H2,25,26,27). The van der Waals surface area contributed by atoms with Crippen LogP contribution < -0.4 is 15.4 Å². The first kappa shape index (κ1) is 23.4. The van der Waals surface area contributed by atoms with Crippen LogP contribution >= 0.6 is 0 Å². The van der Waals surface area contributed by atoms with Crippen molar-refractivity contribution in [3.05, 3.63) is 29.8 Å². The van der Waals surface area contributed by atoms with Crippen molar-refractivity contribution in [3.8, 4) is 5.75 Å². The van der Waals surface area contributed by atoms with Gasteiger partial charge in [-0.3, -0.25) is 14.7 Å². The van der Waals surface area contributed by atoms with Gasteiger partial charge in [0.1, 0.15) is 11.4 Å². The number of nitrogens with one attached hydrogen (secondary N) is 2. The molecule has 1 saturated heterocycles. The second-order valence-electron chi connectivity index (χ2n) is 9.34. The van der Waals surface area contributed by atoms with E-state index in [4.69, 9.17) is 9.73 Å². The normalized spacial score (nSPS) is 23.1. The van der Waals surface area contributed by atoms with Crippen molar-refractivity contribution in [2.24, 2.45) is 4.99 Å². The number of aliphatic imine (C=N–C) groups is 1. The topological polar surface area (TPSA) is 69.2 Å². The summed E-state index contributed by atoms with van der Waals surface area (Å²) in [5.74, 6) is 2.00. The lowest BCUT2D eigenvalue weighted by Gasteiger charge is -2.38. The number of carbonyl (C=O) groups is 1. The largest absolute Gasteiger partial charge is 0.487 e. The molecule has 31 heavy (non-hydrogen) atoms. The molecule has 172 valence electrons. The third-order valence-corrected chi connectivity index (χ3v) is 5.99. The first-order valence-electron chi connectivity index (χ1n) is 11.6. The van der Waals surface area contributed by atoms with Gasteiger partial charge in [0.05, 0.1) is 12.1 Å². The van der Waals surface area contributed by atoms with Crippen molar-refractivity contribution < 1.29 is 9.53 Å². The van der Waals surface area contributed by atoms with Gasteiger partial charge in [-0.15, -0.1) is 0 Å². The Morgan fingerprint density at radius 3 is 2.84 bits per heavy atom. The molecule has 0 bridgehead atoms. The number of hydrogen-bond donors (Lipinski definition) is 2. The van der Waals surface area contributed by atoms with Crippen molar-refractivity contribution in [2.75, 3.05) is 40.3 Å². The zero-order chi connectivity index (χ0) is 22.4. The molecule has 7 heteroatoms. The molecule has 0 aliphatic carbocycles. The van der Waals surface area contributed by atoms with Crippen molar-refractivity contribution in [2.45, 2.75) is 64.1 Å². The van der Waals surface area contributed by atoms with Gasteiger partial charge in [0.2, 0.25) is 5.91 Å². The second kappa shape index (κ2) is 10.4. The molecular weight excluding hydrogens is 390 g/mol. The number of carbonyl (C=O) groups excluding carboxylic acids is 1. The van der Waals surface area contributed by atoms with Crippen LogP contribution in [0.3, 0.4) is 0 Å². The summed E-state index contributed by atoms with van der Waals surface area (Å²) in [5.41, 5.74) is 0.946. The minimum atomic E-state index is -0.229. The Bertz CT molecular complexity index is 777. The van der Waals surface area contributed by atoms with E-state index in [9.17, 15) is 4.79 Å². The van der Waals surface area contributed by atoms with Crippen molar-refractivity contribution in [3.63, 3.8) is 0 Å². The van der Waals surface area contributed by atoms with E-state index in [1.807, 2.05) is 26.2 Å². The molecule has 1 aromatic carbocycles. The van der Waals surface area contributed by atoms with Gasteiger partial charge in [-0.05, 0) is 52.6 Å². The number of nitrogens with zero attached hydrogens (tertiary/aromatic N) is 3. The zero-order valence-corrected chi connectivity index (χ0v) is 19.8. The molecule has 0 radical (unpaired) electrons. The first-order chi connectivity index (χ1) is 14.8.